The number of ether oxygens (including phenoxy) is 2. The van der Waals surface area contributed by atoms with E-state index in [4.69, 9.17) is 4.74 Å². The first-order valence-corrected chi connectivity index (χ1v) is 4.58. The highest BCUT2D eigenvalue weighted by Crippen LogP contribution is 2.28. The molecule has 0 radical (unpaired) electrons. The average molecular weight is 192 g/mol. The van der Waals surface area contributed by atoms with E-state index in [1.807, 2.05) is 24.3 Å². The molecular formula is C11H12O3. The van der Waals surface area contributed by atoms with Crippen molar-refractivity contribution >= 4 is 5.97 Å². The minimum Gasteiger partial charge on any atom is -0.469 e. The molecule has 0 spiro atoms. The van der Waals surface area contributed by atoms with Gasteiger partial charge in [-0.1, -0.05) is 24.3 Å². The minimum atomic E-state index is -0.232. The number of allylic oxidation sites excluding steroid dienone is 3. The van der Waals surface area contributed by atoms with Gasteiger partial charge in [0.2, 0.25) is 0 Å². The van der Waals surface area contributed by atoms with Crippen molar-refractivity contribution in [3.05, 3.63) is 35.5 Å². The van der Waals surface area contributed by atoms with E-state index in [1.165, 1.54) is 12.7 Å². The van der Waals surface area contributed by atoms with Crippen LogP contribution in [0.1, 0.15) is 6.42 Å². The average Bonchev–Trinajstić information content (AvgIpc) is 2.66. The number of hydrogen-bond acceptors (Lipinski definition) is 3. The van der Waals surface area contributed by atoms with Gasteiger partial charge in [-0.3, -0.25) is 4.79 Å². The van der Waals surface area contributed by atoms with Crippen LogP contribution in [0.5, 0.6) is 0 Å². The predicted octanol–water partition coefficient (Wildman–Crippen LogP) is 1.37. The quantitative estimate of drug-likeness (QED) is 0.620. The second-order valence-corrected chi connectivity index (χ2v) is 3.24. The van der Waals surface area contributed by atoms with E-state index in [9.17, 15) is 4.79 Å². The van der Waals surface area contributed by atoms with Crippen molar-refractivity contribution in [3.63, 3.8) is 0 Å². The zero-order valence-electron chi connectivity index (χ0n) is 8.03. The van der Waals surface area contributed by atoms with Gasteiger partial charge in [0.25, 0.3) is 0 Å². The van der Waals surface area contributed by atoms with Gasteiger partial charge in [-0.05, 0) is 11.1 Å². The molecule has 2 aliphatic rings. The fourth-order valence-corrected chi connectivity index (χ4v) is 1.67. The van der Waals surface area contributed by atoms with E-state index in [1.54, 1.807) is 0 Å². The van der Waals surface area contributed by atoms with Crippen LogP contribution in [0.15, 0.2) is 35.5 Å². The maximum atomic E-state index is 11.1. The molecule has 0 aromatic rings. The van der Waals surface area contributed by atoms with Crippen LogP contribution in [0, 0.1) is 0 Å². The fourth-order valence-electron chi connectivity index (χ4n) is 1.67. The summed E-state index contributed by atoms with van der Waals surface area (Å²) in [7, 11) is 1.39. The second-order valence-electron chi connectivity index (χ2n) is 3.24. The predicted molar refractivity (Wildman–Crippen MR) is 51.7 cm³/mol. The second kappa shape index (κ2) is 3.80. The molecule has 3 nitrogen and oxygen atoms in total. The SMILES string of the molecule is COC(=O)CC1OCC=C2C=CC=C21. The molecule has 1 unspecified atom stereocenters. The summed E-state index contributed by atoms with van der Waals surface area (Å²) in [6.07, 6.45) is 8.16. The van der Waals surface area contributed by atoms with E-state index in [-0.39, 0.29) is 12.1 Å². The first-order valence-electron chi connectivity index (χ1n) is 4.58. The molecule has 1 aliphatic heterocycles. The largest absolute Gasteiger partial charge is 0.469 e. The third-order valence-corrected chi connectivity index (χ3v) is 2.41. The van der Waals surface area contributed by atoms with Crippen LogP contribution in [-0.2, 0) is 14.3 Å². The standard InChI is InChI=1S/C11H12O3/c1-13-11(12)7-10-9-4-2-3-8(9)5-6-14-10/h2-5,10H,6-7H2,1H3. The van der Waals surface area contributed by atoms with Gasteiger partial charge in [0.1, 0.15) is 0 Å². The van der Waals surface area contributed by atoms with Gasteiger partial charge < -0.3 is 9.47 Å². The van der Waals surface area contributed by atoms with Crippen LogP contribution < -0.4 is 0 Å². The Balaban J connectivity index is 2.08. The van der Waals surface area contributed by atoms with E-state index in [0.717, 1.165) is 5.57 Å². The van der Waals surface area contributed by atoms with Crippen LogP contribution in [-0.4, -0.2) is 25.8 Å². The molecule has 2 rings (SSSR count). The summed E-state index contributed by atoms with van der Waals surface area (Å²) in [5, 5.41) is 0. The topological polar surface area (TPSA) is 35.5 Å². The van der Waals surface area contributed by atoms with Gasteiger partial charge >= 0.3 is 5.97 Å². The zero-order chi connectivity index (χ0) is 9.97. The number of rotatable bonds is 2. The molecule has 0 fully saturated rings. The van der Waals surface area contributed by atoms with Crippen LogP contribution in [0.3, 0.4) is 0 Å². The van der Waals surface area contributed by atoms with E-state index >= 15 is 0 Å². The number of methoxy groups -OCH3 is 1. The Morgan fingerprint density at radius 1 is 1.71 bits per heavy atom. The molecule has 0 amide bonds. The molecule has 0 bridgehead atoms. The van der Waals surface area contributed by atoms with E-state index in [0.29, 0.717) is 13.0 Å². The lowest BCUT2D eigenvalue weighted by Crippen LogP contribution is -2.24. The fraction of sp³-hybridized carbons (Fsp3) is 0.364. The van der Waals surface area contributed by atoms with Crippen LogP contribution in [0.2, 0.25) is 0 Å². The molecular weight excluding hydrogens is 180 g/mol. The normalized spacial score (nSPS) is 23.9. The number of carbonyl (C=O) groups is 1. The van der Waals surface area contributed by atoms with Crippen molar-refractivity contribution in [1.29, 1.82) is 0 Å². The molecule has 1 aliphatic carbocycles. The smallest absolute Gasteiger partial charge is 0.308 e. The van der Waals surface area contributed by atoms with Crippen LogP contribution in [0.4, 0.5) is 0 Å². The maximum Gasteiger partial charge on any atom is 0.308 e. The highest BCUT2D eigenvalue weighted by atomic mass is 16.5. The summed E-state index contributed by atoms with van der Waals surface area (Å²) in [5.74, 6) is -0.232. The maximum absolute atomic E-state index is 11.1. The van der Waals surface area contributed by atoms with E-state index in [2.05, 4.69) is 4.74 Å². The van der Waals surface area contributed by atoms with Gasteiger partial charge in [-0.15, -0.1) is 0 Å². The molecule has 3 heteroatoms. The highest BCUT2D eigenvalue weighted by molar-refractivity contribution is 5.71. The lowest BCUT2D eigenvalue weighted by molar-refractivity contribution is -0.143. The monoisotopic (exact) mass is 192 g/mol. The molecule has 1 heterocycles. The summed E-state index contributed by atoms with van der Waals surface area (Å²) in [5.41, 5.74) is 2.26. The van der Waals surface area contributed by atoms with Crippen molar-refractivity contribution in [2.45, 2.75) is 12.5 Å². The Morgan fingerprint density at radius 2 is 2.57 bits per heavy atom. The van der Waals surface area contributed by atoms with Gasteiger partial charge in [-0.25, -0.2) is 0 Å². The summed E-state index contributed by atoms with van der Waals surface area (Å²) in [6, 6.07) is 0. The number of hydrogen-bond donors (Lipinski definition) is 0. The van der Waals surface area contributed by atoms with Gasteiger partial charge in [0, 0.05) is 0 Å². The molecule has 0 saturated carbocycles. The van der Waals surface area contributed by atoms with Crippen molar-refractivity contribution < 1.29 is 14.3 Å². The van der Waals surface area contributed by atoms with Gasteiger partial charge in [-0.2, -0.15) is 0 Å². The van der Waals surface area contributed by atoms with Crippen LogP contribution in [0.25, 0.3) is 0 Å². The molecule has 0 N–H and O–H groups in total. The molecule has 14 heavy (non-hydrogen) atoms. The highest BCUT2D eigenvalue weighted by Gasteiger charge is 2.25. The number of fused-ring (bicyclic) bond motifs is 1. The Bertz CT molecular complexity index is 336. The molecule has 0 aromatic heterocycles. The molecule has 1 atom stereocenters. The Hall–Kier alpha value is -1.35. The van der Waals surface area contributed by atoms with Crippen molar-refractivity contribution in [2.75, 3.05) is 13.7 Å². The van der Waals surface area contributed by atoms with Gasteiger partial charge in [0.05, 0.1) is 26.2 Å². The number of esters is 1. The van der Waals surface area contributed by atoms with Crippen molar-refractivity contribution in [3.8, 4) is 0 Å². The summed E-state index contributed by atoms with van der Waals surface area (Å²) in [6.45, 7) is 0.568. The van der Waals surface area contributed by atoms with Crippen LogP contribution >= 0.6 is 0 Å². The molecule has 0 aromatic carbocycles. The summed E-state index contributed by atoms with van der Waals surface area (Å²) >= 11 is 0. The first-order chi connectivity index (χ1) is 6.81. The number of carbonyl (C=O) groups excluding carboxylic acids is 1. The summed E-state index contributed by atoms with van der Waals surface area (Å²) < 4.78 is 10.1. The van der Waals surface area contributed by atoms with Crippen molar-refractivity contribution in [2.24, 2.45) is 0 Å². The lowest BCUT2D eigenvalue weighted by atomic mass is 9.99. The van der Waals surface area contributed by atoms with Gasteiger partial charge in [0.15, 0.2) is 0 Å². The molecule has 74 valence electrons. The Kier molecular flexibility index (Phi) is 2.50. The Morgan fingerprint density at radius 3 is 3.36 bits per heavy atom. The Labute approximate surface area is 82.7 Å². The third-order valence-electron chi connectivity index (χ3n) is 2.41. The first kappa shape index (κ1) is 9.21. The zero-order valence-corrected chi connectivity index (χ0v) is 8.03. The third kappa shape index (κ3) is 1.63. The van der Waals surface area contributed by atoms with Crippen molar-refractivity contribution in [1.82, 2.24) is 0 Å². The molecule has 0 saturated heterocycles. The lowest BCUT2D eigenvalue weighted by Gasteiger charge is -2.22. The van der Waals surface area contributed by atoms with E-state index < -0.39 is 0 Å². The minimum absolute atomic E-state index is 0.141. The summed E-state index contributed by atoms with van der Waals surface area (Å²) in [4.78, 5) is 11.1.